The number of rotatable bonds is 3. The van der Waals surface area contributed by atoms with E-state index in [0.717, 1.165) is 0 Å². The molecule has 0 amide bonds. The average Bonchev–Trinajstić information content (AvgIpc) is 2.33. The topological polar surface area (TPSA) is 9.23 Å². The van der Waals surface area contributed by atoms with Crippen molar-refractivity contribution in [3.8, 4) is 0 Å². The van der Waals surface area contributed by atoms with E-state index in [2.05, 4.69) is 48.5 Å². The maximum Gasteiger partial charge on any atom is 0.197 e. The van der Waals surface area contributed by atoms with E-state index in [4.69, 9.17) is 4.52 Å². The lowest BCUT2D eigenvalue weighted by Gasteiger charge is -2.06. The zero-order chi connectivity index (χ0) is 10.5. The molecule has 0 bridgehead atoms. The predicted octanol–water partition coefficient (Wildman–Crippen LogP) is 2.41. The third kappa shape index (κ3) is 2.44. The third-order valence-electron chi connectivity index (χ3n) is 2.28. The molecule has 0 spiro atoms. The van der Waals surface area contributed by atoms with Crippen molar-refractivity contribution < 1.29 is 4.52 Å². The van der Waals surface area contributed by atoms with Gasteiger partial charge in [-0.1, -0.05) is 36.4 Å². The summed E-state index contributed by atoms with van der Waals surface area (Å²) in [5.74, 6) is 0. The van der Waals surface area contributed by atoms with E-state index in [1.807, 2.05) is 12.1 Å². The fourth-order valence-corrected chi connectivity index (χ4v) is 3.38. The van der Waals surface area contributed by atoms with Crippen molar-refractivity contribution in [2.45, 2.75) is 0 Å². The molecular formula is C13H14OP+. The maximum absolute atomic E-state index is 5.62. The van der Waals surface area contributed by atoms with Gasteiger partial charge in [0.1, 0.15) is 10.6 Å². The first-order valence-corrected chi connectivity index (χ1v) is 6.34. The van der Waals surface area contributed by atoms with E-state index in [1.165, 1.54) is 10.6 Å². The van der Waals surface area contributed by atoms with E-state index in [1.54, 1.807) is 7.11 Å². The summed E-state index contributed by atoms with van der Waals surface area (Å²) in [4.78, 5) is 0. The van der Waals surface area contributed by atoms with Crippen molar-refractivity contribution in [1.29, 1.82) is 0 Å². The van der Waals surface area contributed by atoms with Crippen LogP contribution in [0, 0.1) is 0 Å². The summed E-state index contributed by atoms with van der Waals surface area (Å²) in [5.41, 5.74) is 0. The lowest BCUT2D eigenvalue weighted by Crippen LogP contribution is -2.11. The average molecular weight is 217 g/mol. The Balaban J connectivity index is 2.34. The Hall–Kier alpha value is -1.17. The van der Waals surface area contributed by atoms with Crippen LogP contribution in [0.5, 0.6) is 0 Å². The van der Waals surface area contributed by atoms with Crippen molar-refractivity contribution in [2.75, 3.05) is 7.11 Å². The van der Waals surface area contributed by atoms with Gasteiger partial charge in [-0.15, -0.1) is 0 Å². The summed E-state index contributed by atoms with van der Waals surface area (Å²) in [6.07, 6.45) is 0. The molecule has 2 rings (SSSR count). The molecule has 2 aromatic carbocycles. The molecule has 0 aliphatic rings. The molecule has 2 aromatic rings. The minimum atomic E-state index is -1.04. The van der Waals surface area contributed by atoms with Gasteiger partial charge in [0.15, 0.2) is 8.15 Å². The van der Waals surface area contributed by atoms with Crippen LogP contribution in [-0.2, 0) is 4.52 Å². The standard InChI is InChI=1S/C13H13OP/c1-14-15(12-8-4-2-5-9-12)13-10-6-3-7-11-13/h2-11H,1H3/p+1. The van der Waals surface area contributed by atoms with Crippen LogP contribution >= 0.6 is 8.15 Å². The number of hydrogen-bond donors (Lipinski definition) is 0. The van der Waals surface area contributed by atoms with Crippen LogP contribution in [0.25, 0.3) is 0 Å². The number of hydrogen-bond acceptors (Lipinski definition) is 1. The van der Waals surface area contributed by atoms with Crippen molar-refractivity contribution >= 4 is 18.8 Å². The second-order valence-corrected chi connectivity index (χ2v) is 5.49. The molecule has 76 valence electrons. The van der Waals surface area contributed by atoms with E-state index >= 15 is 0 Å². The summed E-state index contributed by atoms with van der Waals surface area (Å²) in [7, 11) is 0.747. The Labute approximate surface area is 91.6 Å². The van der Waals surface area contributed by atoms with E-state index in [0.29, 0.717) is 0 Å². The summed E-state index contributed by atoms with van der Waals surface area (Å²) < 4.78 is 5.62. The van der Waals surface area contributed by atoms with Crippen LogP contribution in [0.1, 0.15) is 0 Å². The minimum Gasteiger partial charge on any atom is -0.233 e. The fourth-order valence-electron chi connectivity index (χ4n) is 1.58. The molecular weight excluding hydrogens is 203 g/mol. The summed E-state index contributed by atoms with van der Waals surface area (Å²) in [6, 6.07) is 20.8. The van der Waals surface area contributed by atoms with Crippen molar-refractivity contribution in [3.05, 3.63) is 60.7 Å². The van der Waals surface area contributed by atoms with Gasteiger partial charge in [0, 0.05) is 0 Å². The van der Waals surface area contributed by atoms with Crippen LogP contribution in [0.3, 0.4) is 0 Å². The highest BCUT2D eigenvalue weighted by Gasteiger charge is 2.21. The lowest BCUT2D eigenvalue weighted by molar-refractivity contribution is 0.474. The molecule has 0 radical (unpaired) electrons. The molecule has 0 unspecified atom stereocenters. The highest BCUT2D eigenvalue weighted by Crippen LogP contribution is 2.32. The first-order valence-electron chi connectivity index (χ1n) is 4.93. The second kappa shape index (κ2) is 5.06. The van der Waals surface area contributed by atoms with Gasteiger partial charge >= 0.3 is 0 Å². The molecule has 15 heavy (non-hydrogen) atoms. The molecule has 0 aliphatic heterocycles. The molecule has 0 atom stereocenters. The molecule has 2 heteroatoms. The van der Waals surface area contributed by atoms with Crippen molar-refractivity contribution in [2.24, 2.45) is 0 Å². The molecule has 0 heterocycles. The van der Waals surface area contributed by atoms with Crippen molar-refractivity contribution in [3.63, 3.8) is 0 Å². The molecule has 0 aromatic heterocycles. The van der Waals surface area contributed by atoms with Gasteiger partial charge in [0.05, 0.1) is 7.11 Å². The summed E-state index contributed by atoms with van der Waals surface area (Å²) in [5, 5.41) is 2.58. The molecule has 0 N–H and O–H groups in total. The quantitative estimate of drug-likeness (QED) is 0.717. The lowest BCUT2D eigenvalue weighted by atomic mass is 10.4. The Morgan fingerprint density at radius 2 is 1.13 bits per heavy atom. The van der Waals surface area contributed by atoms with E-state index < -0.39 is 8.15 Å². The summed E-state index contributed by atoms with van der Waals surface area (Å²) >= 11 is 0. The van der Waals surface area contributed by atoms with Gasteiger partial charge in [-0.3, -0.25) is 0 Å². The smallest absolute Gasteiger partial charge is 0.197 e. The highest BCUT2D eigenvalue weighted by molar-refractivity contribution is 7.68. The molecule has 1 nitrogen and oxygen atoms in total. The monoisotopic (exact) mass is 217 g/mol. The SMILES string of the molecule is CO[PH+](c1ccccc1)c1ccccc1. The van der Waals surface area contributed by atoms with Crippen LogP contribution < -0.4 is 10.6 Å². The van der Waals surface area contributed by atoms with Gasteiger partial charge in [-0.05, 0) is 24.3 Å². The van der Waals surface area contributed by atoms with E-state index in [9.17, 15) is 0 Å². The van der Waals surface area contributed by atoms with Gasteiger partial charge in [0.25, 0.3) is 0 Å². The molecule has 0 saturated heterocycles. The van der Waals surface area contributed by atoms with Crippen LogP contribution in [0.2, 0.25) is 0 Å². The number of benzene rings is 2. The third-order valence-corrected chi connectivity index (χ3v) is 4.40. The van der Waals surface area contributed by atoms with E-state index in [-0.39, 0.29) is 0 Å². The maximum atomic E-state index is 5.62. The van der Waals surface area contributed by atoms with Crippen LogP contribution in [-0.4, -0.2) is 7.11 Å². The Kier molecular flexibility index (Phi) is 3.49. The minimum absolute atomic E-state index is 1.04. The highest BCUT2D eigenvalue weighted by atomic mass is 31.1. The first-order chi connectivity index (χ1) is 7.42. The predicted molar refractivity (Wildman–Crippen MR) is 67.5 cm³/mol. The fraction of sp³-hybridized carbons (Fsp3) is 0.0769. The van der Waals surface area contributed by atoms with Crippen molar-refractivity contribution in [1.82, 2.24) is 0 Å². The van der Waals surface area contributed by atoms with Gasteiger partial charge < -0.3 is 0 Å². The molecule has 0 saturated carbocycles. The van der Waals surface area contributed by atoms with Gasteiger partial charge in [-0.25, -0.2) is 4.52 Å². The zero-order valence-corrected chi connectivity index (χ0v) is 9.68. The molecule has 0 aliphatic carbocycles. The zero-order valence-electron chi connectivity index (χ0n) is 8.68. The van der Waals surface area contributed by atoms with Gasteiger partial charge in [-0.2, -0.15) is 0 Å². The first kappa shape index (κ1) is 10.4. The second-order valence-electron chi connectivity index (χ2n) is 3.27. The Morgan fingerprint density at radius 3 is 1.47 bits per heavy atom. The van der Waals surface area contributed by atoms with Crippen LogP contribution in [0.15, 0.2) is 60.7 Å². The van der Waals surface area contributed by atoms with Gasteiger partial charge in [0.2, 0.25) is 0 Å². The Morgan fingerprint density at radius 1 is 0.733 bits per heavy atom. The van der Waals surface area contributed by atoms with Crippen LogP contribution in [0.4, 0.5) is 0 Å². The Bertz CT molecular complexity index is 360. The largest absolute Gasteiger partial charge is 0.233 e. The summed E-state index contributed by atoms with van der Waals surface area (Å²) in [6.45, 7) is 0. The molecule has 0 fully saturated rings. The normalized spacial score (nSPS) is 10.5.